The van der Waals surface area contributed by atoms with Crippen molar-refractivity contribution in [2.75, 3.05) is 30.4 Å². The molecular formula is C21H21N7O2. The molecule has 9 heteroatoms. The van der Waals surface area contributed by atoms with E-state index in [0.29, 0.717) is 42.8 Å². The molecular weight excluding hydrogens is 382 g/mol. The van der Waals surface area contributed by atoms with Crippen LogP contribution in [0.25, 0.3) is 11.3 Å². The highest BCUT2D eigenvalue weighted by molar-refractivity contribution is 5.76. The van der Waals surface area contributed by atoms with Crippen LogP contribution in [0.3, 0.4) is 0 Å². The molecule has 5 rings (SSSR count). The molecule has 2 aromatic heterocycles. The van der Waals surface area contributed by atoms with Gasteiger partial charge in [-0.3, -0.25) is 4.68 Å². The van der Waals surface area contributed by atoms with Crippen molar-refractivity contribution in [1.82, 2.24) is 19.7 Å². The normalized spacial score (nSPS) is 19.5. The van der Waals surface area contributed by atoms with Crippen molar-refractivity contribution in [3.05, 3.63) is 47.3 Å². The van der Waals surface area contributed by atoms with Gasteiger partial charge in [-0.1, -0.05) is 6.92 Å². The lowest BCUT2D eigenvalue weighted by Crippen LogP contribution is -2.28. The first-order chi connectivity index (χ1) is 14.6. The Morgan fingerprint density at radius 1 is 1.40 bits per heavy atom. The van der Waals surface area contributed by atoms with Gasteiger partial charge in [-0.15, -0.1) is 0 Å². The van der Waals surface area contributed by atoms with Crippen LogP contribution < -0.4 is 10.6 Å². The van der Waals surface area contributed by atoms with Crippen molar-refractivity contribution in [3.63, 3.8) is 0 Å². The molecule has 3 aromatic rings. The summed E-state index contributed by atoms with van der Waals surface area (Å²) in [5, 5.41) is 30.5. The first-order valence-corrected chi connectivity index (χ1v) is 9.78. The summed E-state index contributed by atoms with van der Waals surface area (Å²) in [7, 11) is 0. The molecule has 0 saturated carbocycles. The predicted molar refractivity (Wildman–Crippen MR) is 110 cm³/mol. The monoisotopic (exact) mass is 403 g/mol. The maximum absolute atomic E-state index is 9.90. The number of aliphatic hydroxyl groups excluding tert-OH is 1. The number of hydrogen-bond donors (Lipinski definition) is 3. The van der Waals surface area contributed by atoms with E-state index in [0.717, 1.165) is 29.1 Å². The number of anilines is 3. The third kappa shape index (κ3) is 3.07. The van der Waals surface area contributed by atoms with Crippen LogP contribution in [-0.2, 0) is 23.3 Å². The number of rotatable bonds is 4. The number of benzene rings is 1. The Morgan fingerprint density at radius 3 is 3.10 bits per heavy atom. The lowest BCUT2D eigenvalue weighted by Gasteiger charge is -2.21. The quantitative estimate of drug-likeness (QED) is 0.606. The second-order valence-electron chi connectivity index (χ2n) is 7.82. The standard InChI is InChI=1S/C21H21N7O2/c1-21(12-29)11-24-19-14(9-22)6-13(7-16(19)21)17-2-3-23-20(25-17)26-18-8-15-10-30-5-4-28(15)27-18/h2-3,6-8,24,29H,4-5,10-12H2,1H3,(H,23,25,26,27). The van der Waals surface area contributed by atoms with E-state index in [1.165, 1.54) is 0 Å². The number of ether oxygens (including phenoxy) is 1. The molecule has 0 aliphatic carbocycles. The van der Waals surface area contributed by atoms with Crippen LogP contribution in [0.1, 0.15) is 23.7 Å². The summed E-state index contributed by atoms with van der Waals surface area (Å²) in [6, 6.07) is 9.79. The lowest BCUT2D eigenvalue weighted by atomic mass is 9.83. The summed E-state index contributed by atoms with van der Waals surface area (Å²) in [5.41, 5.74) is 4.30. The second kappa shape index (κ2) is 7.09. The van der Waals surface area contributed by atoms with E-state index in [9.17, 15) is 10.4 Å². The van der Waals surface area contributed by atoms with Gasteiger partial charge in [-0.2, -0.15) is 10.4 Å². The molecule has 2 aliphatic rings. The van der Waals surface area contributed by atoms with Crippen molar-refractivity contribution in [2.45, 2.75) is 25.5 Å². The number of nitrogens with one attached hydrogen (secondary N) is 2. The molecule has 1 unspecified atom stereocenters. The molecule has 0 spiro atoms. The molecule has 4 heterocycles. The maximum Gasteiger partial charge on any atom is 0.228 e. The Bertz CT molecular complexity index is 1140. The van der Waals surface area contributed by atoms with Crippen molar-refractivity contribution >= 4 is 17.5 Å². The molecule has 0 fully saturated rings. The van der Waals surface area contributed by atoms with Crippen LogP contribution in [0, 0.1) is 11.3 Å². The van der Waals surface area contributed by atoms with Gasteiger partial charge in [0.05, 0.1) is 49.0 Å². The Kier molecular flexibility index (Phi) is 4.38. The number of nitriles is 1. The summed E-state index contributed by atoms with van der Waals surface area (Å²) in [6.07, 6.45) is 1.67. The molecule has 3 N–H and O–H groups in total. The molecule has 152 valence electrons. The average Bonchev–Trinajstić information content (AvgIpc) is 3.34. The summed E-state index contributed by atoms with van der Waals surface area (Å²) in [6.45, 7) is 4.48. The summed E-state index contributed by atoms with van der Waals surface area (Å²) in [4.78, 5) is 8.93. The van der Waals surface area contributed by atoms with E-state index in [1.54, 1.807) is 12.3 Å². The zero-order chi connectivity index (χ0) is 20.7. The van der Waals surface area contributed by atoms with E-state index in [2.05, 4.69) is 31.8 Å². The van der Waals surface area contributed by atoms with Crippen LogP contribution >= 0.6 is 0 Å². The number of aromatic nitrogens is 4. The fraction of sp³-hybridized carbons (Fsp3) is 0.333. The third-order valence-electron chi connectivity index (χ3n) is 5.67. The molecule has 0 saturated heterocycles. The van der Waals surface area contributed by atoms with Gasteiger partial charge in [0.2, 0.25) is 5.95 Å². The van der Waals surface area contributed by atoms with Gasteiger partial charge in [-0.25, -0.2) is 9.97 Å². The van der Waals surface area contributed by atoms with Crippen molar-refractivity contribution in [3.8, 4) is 17.3 Å². The minimum Gasteiger partial charge on any atom is -0.395 e. The molecule has 0 bridgehead atoms. The summed E-state index contributed by atoms with van der Waals surface area (Å²) in [5.74, 6) is 1.09. The van der Waals surface area contributed by atoms with Crippen LogP contribution in [0.2, 0.25) is 0 Å². The lowest BCUT2D eigenvalue weighted by molar-refractivity contribution is 0.0801. The van der Waals surface area contributed by atoms with E-state index < -0.39 is 5.41 Å². The Hall–Kier alpha value is -3.48. The van der Waals surface area contributed by atoms with Crippen LogP contribution in [0.4, 0.5) is 17.5 Å². The fourth-order valence-electron chi connectivity index (χ4n) is 3.91. The molecule has 0 radical (unpaired) electrons. The molecule has 30 heavy (non-hydrogen) atoms. The Labute approximate surface area is 173 Å². The predicted octanol–water partition coefficient (Wildman–Crippen LogP) is 2.16. The van der Waals surface area contributed by atoms with Crippen molar-refractivity contribution in [2.24, 2.45) is 0 Å². The van der Waals surface area contributed by atoms with Gasteiger partial charge < -0.3 is 20.5 Å². The fourth-order valence-corrected chi connectivity index (χ4v) is 3.91. The number of aliphatic hydroxyl groups is 1. The molecule has 1 atom stereocenters. The average molecular weight is 403 g/mol. The van der Waals surface area contributed by atoms with Gasteiger partial charge in [0, 0.05) is 29.8 Å². The second-order valence-corrected chi connectivity index (χ2v) is 7.82. The molecule has 0 amide bonds. The first-order valence-electron chi connectivity index (χ1n) is 9.78. The van der Waals surface area contributed by atoms with E-state index in [-0.39, 0.29) is 6.61 Å². The van der Waals surface area contributed by atoms with E-state index in [4.69, 9.17) is 4.74 Å². The van der Waals surface area contributed by atoms with Crippen molar-refractivity contribution < 1.29 is 9.84 Å². The smallest absolute Gasteiger partial charge is 0.228 e. The highest BCUT2D eigenvalue weighted by atomic mass is 16.5. The summed E-state index contributed by atoms with van der Waals surface area (Å²) >= 11 is 0. The third-order valence-corrected chi connectivity index (χ3v) is 5.67. The van der Waals surface area contributed by atoms with Gasteiger partial charge in [0.25, 0.3) is 0 Å². The minimum absolute atomic E-state index is 0.00733. The number of nitrogens with zero attached hydrogens (tertiary/aromatic N) is 5. The molecule has 1 aromatic carbocycles. The first kappa shape index (κ1) is 18.5. The van der Waals surface area contributed by atoms with Gasteiger partial charge >= 0.3 is 0 Å². The maximum atomic E-state index is 9.90. The van der Waals surface area contributed by atoms with Crippen molar-refractivity contribution in [1.29, 1.82) is 5.26 Å². The molecule has 9 nitrogen and oxygen atoms in total. The van der Waals surface area contributed by atoms with E-state index in [1.807, 2.05) is 29.8 Å². The zero-order valence-electron chi connectivity index (χ0n) is 16.5. The zero-order valence-corrected chi connectivity index (χ0v) is 16.5. The number of hydrogen-bond acceptors (Lipinski definition) is 8. The van der Waals surface area contributed by atoms with Gasteiger partial charge in [0.1, 0.15) is 6.07 Å². The highest BCUT2D eigenvalue weighted by Gasteiger charge is 2.36. The minimum atomic E-state index is -0.442. The largest absolute Gasteiger partial charge is 0.395 e. The van der Waals surface area contributed by atoms with Crippen LogP contribution in [0.5, 0.6) is 0 Å². The van der Waals surface area contributed by atoms with Crippen LogP contribution in [-0.4, -0.2) is 44.6 Å². The molecule has 2 aliphatic heterocycles. The van der Waals surface area contributed by atoms with E-state index >= 15 is 0 Å². The topological polar surface area (TPSA) is 121 Å². The van der Waals surface area contributed by atoms with Crippen LogP contribution in [0.15, 0.2) is 30.5 Å². The SMILES string of the molecule is CC1(CO)CNc2c(C#N)cc(-c3ccnc(Nc4cc5n(n4)CCOC5)n3)cc21. The number of fused-ring (bicyclic) bond motifs is 2. The van der Waals surface area contributed by atoms with Gasteiger partial charge in [0.15, 0.2) is 5.82 Å². The highest BCUT2D eigenvalue weighted by Crippen LogP contribution is 2.41. The Morgan fingerprint density at radius 2 is 2.30 bits per heavy atom. The summed E-state index contributed by atoms with van der Waals surface area (Å²) < 4.78 is 7.37. The van der Waals surface area contributed by atoms with Gasteiger partial charge in [-0.05, 0) is 23.8 Å². The Balaban J connectivity index is 1.49.